The van der Waals surface area contributed by atoms with E-state index in [1.165, 1.54) is 11.1 Å². The fourth-order valence-electron chi connectivity index (χ4n) is 4.28. The number of nitrogens with zero attached hydrogens (tertiary/aromatic N) is 4. The lowest BCUT2D eigenvalue weighted by molar-refractivity contribution is 0.0500. The topological polar surface area (TPSA) is 44.5 Å². The van der Waals surface area contributed by atoms with E-state index in [-0.39, 0.29) is 6.61 Å². The predicted octanol–water partition coefficient (Wildman–Crippen LogP) is 3.16. The van der Waals surface area contributed by atoms with Gasteiger partial charge in [0, 0.05) is 69.7 Å². The summed E-state index contributed by atoms with van der Waals surface area (Å²) in [6.45, 7) is 5.07. The van der Waals surface area contributed by atoms with Crippen LogP contribution in [0.1, 0.15) is 17.5 Å². The third-order valence-corrected chi connectivity index (χ3v) is 5.73. The first-order valence-electron chi connectivity index (χ1n) is 10.4. The molecule has 1 N–H and O–H groups in total. The van der Waals surface area contributed by atoms with Gasteiger partial charge < -0.3 is 5.11 Å². The summed E-state index contributed by atoms with van der Waals surface area (Å²) in [6.07, 6.45) is 2.95. The smallest absolute Gasteiger partial charge is 0.0968 e. The number of aromatic nitrogens is 2. The minimum Gasteiger partial charge on any atom is -0.396 e. The van der Waals surface area contributed by atoms with Crippen molar-refractivity contribution in [1.29, 1.82) is 0 Å². The highest BCUT2D eigenvalue weighted by Gasteiger charge is 2.27. The Morgan fingerprint density at radius 3 is 2.41 bits per heavy atom. The van der Waals surface area contributed by atoms with Crippen LogP contribution in [0.25, 0.3) is 11.3 Å². The lowest BCUT2D eigenvalue weighted by Gasteiger charge is -2.41. The lowest BCUT2D eigenvalue weighted by atomic mass is 10.0. The highest BCUT2D eigenvalue weighted by atomic mass is 16.3. The molecule has 2 heterocycles. The van der Waals surface area contributed by atoms with Crippen LogP contribution in [-0.4, -0.2) is 57.0 Å². The second kappa shape index (κ2) is 9.35. The molecule has 0 unspecified atom stereocenters. The van der Waals surface area contributed by atoms with Gasteiger partial charge in [-0.1, -0.05) is 60.7 Å². The summed E-state index contributed by atoms with van der Waals surface area (Å²) in [4.78, 5) is 5.02. The molecule has 4 rings (SSSR count). The molecular weight excluding hydrogens is 360 g/mol. The van der Waals surface area contributed by atoms with Gasteiger partial charge in [-0.25, -0.2) is 0 Å². The Labute approximate surface area is 173 Å². The standard InChI is InChI=1S/C24H30N4O/c1-26-17-22(24(25-26)21-10-6-3-7-11-21)18-27-13-14-28(23(19-27)12-15-29)16-20-8-4-2-5-9-20/h2-11,17,23,29H,12-16,18-19H2,1H3/t23-/m1/s1. The summed E-state index contributed by atoms with van der Waals surface area (Å²) < 4.78 is 1.91. The quantitative estimate of drug-likeness (QED) is 0.673. The molecule has 3 aromatic rings. The Morgan fingerprint density at radius 2 is 1.69 bits per heavy atom. The third-order valence-electron chi connectivity index (χ3n) is 5.73. The molecule has 0 aliphatic carbocycles. The molecule has 0 saturated carbocycles. The second-order valence-corrected chi connectivity index (χ2v) is 7.90. The van der Waals surface area contributed by atoms with Gasteiger partial charge in [0.15, 0.2) is 0 Å². The number of hydrogen-bond donors (Lipinski definition) is 1. The Balaban J connectivity index is 1.46. The van der Waals surface area contributed by atoms with Crippen LogP contribution in [0.4, 0.5) is 0 Å². The summed E-state index contributed by atoms with van der Waals surface area (Å²) in [6, 6.07) is 21.4. The van der Waals surface area contributed by atoms with Gasteiger partial charge >= 0.3 is 0 Å². The molecule has 5 heteroatoms. The van der Waals surface area contributed by atoms with E-state index >= 15 is 0 Å². The Morgan fingerprint density at radius 1 is 0.966 bits per heavy atom. The molecule has 1 fully saturated rings. The van der Waals surface area contributed by atoms with E-state index in [0.717, 1.165) is 50.4 Å². The normalized spacial score (nSPS) is 18.2. The number of aliphatic hydroxyl groups is 1. The predicted molar refractivity (Wildman–Crippen MR) is 116 cm³/mol. The molecule has 0 amide bonds. The molecule has 1 saturated heterocycles. The minimum atomic E-state index is 0.228. The molecule has 1 aliphatic heterocycles. The van der Waals surface area contributed by atoms with Crippen LogP contribution in [-0.2, 0) is 20.1 Å². The van der Waals surface area contributed by atoms with E-state index in [9.17, 15) is 5.11 Å². The van der Waals surface area contributed by atoms with E-state index in [4.69, 9.17) is 5.10 Å². The van der Waals surface area contributed by atoms with Gasteiger partial charge in [0.1, 0.15) is 0 Å². The number of aryl methyl sites for hydroxylation is 1. The van der Waals surface area contributed by atoms with E-state index < -0.39 is 0 Å². The average molecular weight is 391 g/mol. The van der Waals surface area contributed by atoms with Crippen LogP contribution in [0, 0.1) is 0 Å². The summed E-state index contributed by atoms with van der Waals surface area (Å²) >= 11 is 0. The molecule has 5 nitrogen and oxygen atoms in total. The summed E-state index contributed by atoms with van der Waals surface area (Å²) in [5, 5.41) is 14.3. The first-order valence-corrected chi connectivity index (χ1v) is 10.4. The molecule has 29 heavy (non-hydrogen) atoms. The fourth-order valence-corrected chi connectivity index (χ4v) is 4.28. The molecule has 0 radical (unpaired) electrons. The number of piperazine rings is 1. The summed E-state index contributed by atoms with van der Waals surface area (Å²) in [5.74, 6) is 0. The Bertz CT molecular complexity index is 894. The maximum Gasteiger partial charge on any atom is 0.0968 e. The van der Waals surface area contributed by atoms with E-state index in [2.05, 4.69) is 70.6 Å². The minimum absolute atomic E-state index is 0.228. The Kier molecular flexibility index (Phi) is 6.39. The summed E-state index contributed by atoms with van der Waals surface area (Å²) in [5.41, 5.74) is 4.83. The fraction of sp³-hybridized carbons (Fsp3) is 0.375. The number of rotatable bonds is 7. The largest absolute Gasteiger partial charge is 0.396 e. The van der Waals surface area contributed by atoms with Gasteiger partial charge in [-0.2, -0.15) is 5.10 Å². The molecule has 0 bridgehead atoms. The van der Waals surface area contributed by atoms with Crippen molar-refractivity contribution in [3.63, 3.8) is 0 Å². The van der Waals surface area contributed by atoms with Crippen LogP contribution >= 0.6 is 0 Å². The summed E-state index contributed by atoms with van der Waals surface area (Å²) in [7, 11) is 1.99. The van der Waals surface area contributed by atoms with Crippen molar-refractivity contribution in [2.45, 2.75) is 25.6 Å². The van der Waals surface area contributed by atoms with Crippen molar-refractivity contribution in [3.05, 3.63) is 78.0 Å². The Hall–Kier alpha value is -2.47. The average Bonchev–Trinajstić information content (AvgIpc) is 3.11. The lowest BCUT2D eigenvalue weighted by Crippen LogP contribution is -2.52. The van der Waals surface area contributed by atoms with E-state index in [1.54, 1.807) is 0 Å². The molecule has 1 aromatic heterocycles. The molecule has 2 aromatic carbocycles. The van der Waals surface area contributed by atoms with Crippen molar-refractivity contribution < 1.29 is 5.11 Å². The zero-order valence-corrected chi connectivity index (χ0v) is 17.1. The van der Waals surface area contributed by atoms with Crippen molar-refractivity contribution in [2.75, 3.05) is 26.2 Å². The maximum absolute atomic E-state index is 9.62. The van der Waals surface area contributed by atoms with Crippen LogP contribution < -0.4 is 0 Å². The SMILES string of the molecule is Cn1cc(CN2CCN(Cc3ccccc3)[C@H](CCO)C2)c(-c2ccccc2)n1. The zero-order chi connectivity index (χ0) is 20.1. The molecule has 1 aliphatic rings. The van der Waals surface area contributed by atoms with Crippen LogP contribution in [0.15, 0.2) is 66.9 Å². The first kappa shape index (κ1) is 19.8. The molecular formula is C24H30N4O. The van der Waals surface area contributed by atoms with Gasteiger partial charge in [-0.3, -0.25) is 14.5 Å². The van der Waals surface area contributed by atoms with Crippen molar-refractivity contribution in [2.24, 2.45) is 7.05 Å². The van der Waals surface area contributed by atoms with Crippen LogP contribution in [0.5, 0.6) is 0 Å². The third kappa shape index (κ3) is 4.93. The van der Waals surface area contributed by atoms with Gasteiger partial charge in [0.05, 0.1) is 5.69 Å². The highest BCUT2D eigenvalue weighted by molar-refractivity contribution is 5.62. The maximum atomic E-state index is 9.62. The van der Waals surface area contributed by atoms with E-state index in [0.29, 0.717) is 6.04 Å². The van der Waals surface area contributed by atoms with E-state index in [1.807, 2.05) is 17.8 Å². The molecule has 1 atom stereocenters. The first-order chi connectivity index (χ1) is 14.2. The number of hydrogen-bond acceptors (Lipinski definition) is 4. The second-order valence-electron chi connectivity index (χ2n) is 7.90. The van der Waals surface area contributed by atoms with Gasteiger partial charge in [0.2, 0.25) is 0 Å². The highest BCUT2D eigenvalue weighted by Crippen LogP contribution is 2.25. The van der Waals surface area contributed by atoms with Crippen molar-refractivity contribution >= 4 is 0 Å². The van der Waals surface area contributed by atoms with Crippen LogP contribution in [0.3, 0.4) is 0 Å². The number of aliphatic hydroxyl groups excluding tert-OH is 1. The van der Waals surface area contributed by atoms with Gasteiger partial charge in [-0.15, -0.1) is 0 Å². The zero-order valence-electron chi connectivity index (χ0n) is 17.1. The number of benzene rings is 2. The van der Waals surface area contributed by atoms with Crippen LogP contribution in [0.2, 0.25) is 0 Å². The van der Waals surface area contributed by atoms with Gasteiger partial charge in [0.25, 0.3) is 0 Å². The molecule has 0 spiro atoms. The van der Waals surface area contributed by atoms with Crippen molar-refractivity contribution in [1.82, 2.24) is 19.6 Å². The van der Waals surface area contributed by atoms with Gasteiger partial charge in [-0.05, 0) is 12.0 Å². The molecule has 152 valence electrons. The van der Waals surface area contributed by atoms with Crippen molar-refractivity contribution in [3.8, 4) is 11.3 Å². The monoisotopic (exact) mass is 390 g/mol.